The molecule has 2 aromatic carbocycles. The second-order valence-corrected chi connectivity index (χ2v) is 5.80. The molecular formula is C20H22O3. The highest BCUT2D eigenvalue weighted by atomic mass is 16.5. The first-order chi connectivity index (χ1) is 11.3. The van der Waals surface area contributed by atoms with Crippen LogP contribution in [0, 0.1) is 5.92 Å². The van der Waals surface area contributed by atoms with Gasteiger partial charge in [-0.15, -0.1) is 0 Å². The lowest BCUT2D eigenvalue weighted by atomic mass is 10.0. The van der Waals surface area contributed by atoms with Crippen LogP contribution in [-0.4, -0.2) is 23.9 Å². The van der Waals surface area contributed by atoms with Gasteiger partial charge >= 0.3 is 0 Å². The molecule has 0 amide bonds. The van der Waals surface area contributed by atoms with E-state index in [1.807, 2.05) is 66.7 Å². The van der Waals surface area contributed by atoms with Gasteiger partial charge in [0.05, 0.1) is 32.0 Å². The third-order valence-corrected chi connectivity index (χ3v) is 4.07. The standard InChI is InChI=1S/C20H22O3/c21-19-11-12-20(23-14-17-9-5-2-6-10-17)18(19)15-22-13-16-7-3-1-4-8-16/h1-12,18-21H,13-15H2. The Kier molecular flexibility index (Phi) is 5.59. The van der Waals surface area contributed by atoms with Crippen molar-refractivity contribution >= 4 is 0 Å². The van der Waals surface area contributed by atoms with Gasteiger partial charge in [-0.2, -0.15) is 0 Å². The normalized spacial score (nSPS) is 23.3. The van der Waals surface area contributed by atoms with E-state index in [2.05, 4.69) is 0 Å². The number of hydrogen-bond acceptors (Lipinski definition) is 3. The molecule has 0 radical (unpaired) electrons. The van der Waals surface area contributed by atoms with Crippen molar-refractivity contribution in [3.8, 4) is 0 Å². The lowest BCUT2D eigenvalue weighted by Crippen LogP contribution is -2.30. The Balaban J connectivity index is 1.48. The largest absolute Gasteiger partial charge is 0.389 e. The fourth-order valence-electron chi connectivity index (χ4n) is 2.73. The molecule has 23 heavy (non-hydrogen) atoms. The second-order valence-electron chi connectivity index (χ2n) is 5.80. The van der Waals surface area contributed by atoms with E-state index >= 15 is 0 Å². The Hall–Kier alpha value is -1.94. The smallest absolute Gasteiger partial charge is 0.0839 e. The van der Waals surface area contributed by atoms with Crippen LogP contribution in [0.3, 0.4) is 0 Å². The van der Waals surface area contributed by atoms with Crippen LogP contribution in [0.15, 0.2) is 72.8 Å². The van der Waals surface area contributed by atoms with Gasteiger partial charge in [-0.1, -0.05) is 72.8 Å². The van der Waals surface area contributed by atoms with Crippen molar-refractivity contribution in [3.05, 3.63) is 83.9 Å². The maximum Gasteiger partial charge on any atom is 0.0839 e. The zero-order valence-electron chi connectivity index (χ0n) is 13.0. The minimum atomic E-state index is -0.508. The van der Waals surface area contributed by atoms with Gasteiger partial charge in [0, 0.05) is 5.92 Å². The van der Waals surface area contributed by atoms with E-state index < -0.39 is 6.10 Å². The van der Waals surface area contributed by atoms with Crippen LogP contribution in [0.25, 0.3) is 0 Å². The maximum absolute atomic E-state index is 10.1. The van der Waals surface area contributed by atoms with Crippen molar-refractivity contribution in [1.82, 2.24) is 0 Å². The topological polar surface area (TPSA) is 38.7 Å². The molecule has 1 aliphatic rings. The molecule has 3 unspecified atom stereocenters. The lowest BCUT2D eigenvalue weighted by Gasteiger charge is -2.22. The summed E-state index contributed by atoms with van der Waals surface area (Å²) in [6.07, 6.45) is 3.11. The third-order valence-electron chi connectivity index (χ3n) is 4.07. The van der Waals surface area contributed by atoms with Crippen LogP contribution in [-0.2, 0) is 22.7 Å². The molecule has 0 bridgehead atoms. The van der Waals surface area contributed by atoms with Crippen LogP contribution in [0.2, 0.25) is 0 Å². The van der Waals surface area contributed by atoms with E-state index in [1.54, 1.807) is 6.08 Å². The zero-order valence-corrected chi connectivity index (χ0v) is 13.0. The average molecular weight is 310 g/mol. The van der Waals surface area contributed by atoms with Crippen molar-refractivity contribution < 1.29 is 14.6 Å². The third kappa shape index (κ3) is 4.52. The van der Waals surface area contributed by atoms with E-state index in [-0.39, 0.29) is 12.0 Å². The van der Waals surface area contributed by atoms with Gasteiger partial charge in [0.1, 0.15) is 0 Å². The number of aliphatic hydroxyl groups excluding tert-OH is 1. The molecule has 0 fully saturated rings. The Bertz CT molecular complexity index is 609. The van der Waals surface area contributed by atoms with Gasteiger partial charge in [0.25, 0.3) is 0 Å². The van der Waals surface area contributed by atoms with Gasteiger partial charge in [-0.3, -0.25) is 0 Å². The molecule has 3 atom stereocenters. The van der Waals surface area contributed by atoms with Crippen molar-refractivity contribution in [2.24, 2.45) is 5.92 Å². The quantitative estimate of drug-likeness (QED) is 0.797. The van der Waals surface area contributed by atoms with E-state index in [0.29, 0.717) is 19.8 Å². The minimum absolute atomic E-state index is 0.0533. The Morgan fingerprint density at radius 3 is 2.04 bits per heavy atom. The summed E-state index contributed by atoms with van der Waals surface area (Å²) < 4.78 is 11.7. The van der Waals surface area contributed by atoms with Gasteiger partial charge in [0.15, 0.2) is 0 Å². The molecule has 0 aliphatic heterocycles. The summed E-state index contributed by atoms with van der Waals surface area (Å²) in [6, 6.07) is 20.1. The van der Waals surface area contributed by atoms with Crippen LogP contribution < -0.4 is 0 Å². The SMILES string of the molecule is OC1C=CC(OCc2ccccc2)C1COCc1ccccc1. The predicted octanol–water partition coefficient (Wildman–Crippen LogP) is 3.34. The molecule has 0 saturated heterocycles. The van der Waals surface area contributed by atoms with E-state index in [9.17, 15) is 5.11 Å². The Morgan fingerprint density at radius 1 is 0.783 bits per heavy atom. The van der Waals surface area contributed by atoms with Crippen LogP contribution in [0.5, 0.6) is 0 Å². The highest BCUT2D eigenvalue weighted by Gasteiger charge is 2.31. The maximum atomic E-state index is 10.1. The minimum Gasteiger partial charge on any atom is -0.389 e. The summed E-state index contributed by atoms with van der Waals surface area (Å²) in [6.45, 7) is 1.57. The van der Waals surface area contributed by atoms with Gasteiger partial charge in [-0.25, -0.2) is 0 Å². The average Bonchev–Trinajstić information content (AvgIpc) is 2.95. The second kappa shape index (κ2) is 8.06. The van der Waals surface area contributed by atoms with Crippen molar-refractivity contribution in [2.45, 2.75) is 25.4 Å². The van der Waals surface area contributed by atoms with Crippen molar-refractivity contribution in [3.63, 3.8) is 0 Å². The Labute approximate surface area is 137 Å². The molecule has 3 rings (SSSR count). The number of benzene rings is 2. The van der Waals surface area contributed by atoms with Crippen LogP contribution >= 0.6 is 0 Å². The van der Waals surface area contributed by atoms with Gasteiger partial charge in [0.2, 0.25) is 0 Å². The van der Waals surface area contributed by atoms with E-state index in [0.717, 1.165) is 11.1 Å². The molecular weight excluding hydrogens is 288 g/mol. The first-order valence-electron chi connectivity index (χ1n) is 7.96. The molecule has 3 heteroatoms. The van der Waals surface area contributed by atoms with E-state index in [4.69, 9.17) is 9.47 Å². The van der Waals surface area contributed by atoms with Crippen LogP contribution in [0.1, 0.15) is 11.1 Å². The molecule has 2 aromatic rings. The fourth-order valence-corrected chi connectivity index (χ4v) is 2.73. The summed E-state index contributed by atoms with van der Waals surface area (Å²) in [5, 5.41) is 10.1. The molecule has 0 spiro atoms. The molecule has 1 aliphatic carbocycles. The monoisotopic (exact) mass is 310 g/mol. The molecule has 3 nitrogen and oxygen atoms in total. The van der Waals surface area contributed by atoms with E-state index in [1.165, 1.54) is 0 Å². The van der Waals surface area contributed by atoms with Crippen LogP contribution in [0.4, 0.5) is 0 Å². The number of hydrogen-bond donors (Lipinski definition) is 1. The van der Waals surface area contributed by atoms with Gasteiger partial charge < -0.3 is 14.6 Å². The summed E-state index contributed by atoms with van der Waals surface area (Å²) in [5.74, 6) is -0.0533. The fraction of sp³-hybridized carbons (Fsp3) is 0.300. The first-order valence-corrected chi connectivity index (χ1v) is 7.96. The van der Waals surface area contributed by atoms with Crippen molar-refractivity contribution in [1.29, 1.82) is 0 Å². The molecule has 0 saturated carbocycles. The number of rotatable bonds is 7. The summed E-state index contributed by atoms with van der Waals surface area (Å²) in [5.41, 5.74) is 2.26. The summed E-state index contributed by atoms with van der Waals surface area (Å²) >= 11 is 0. The number of aliphatic hydroxyl groups is 1. The molecule has 0 heterocycles. The first kappa shape index (κ1) is 15.9. The summed E-state index contributed by atoms with van der Waals surface area (Å²) in [7, 11) is 0. The Morgan fingerprint density at radius 2 is 1.39 bits per heavy atom. The lowest BCUT2D eigenvalue weighted by molar-refractivity contribution is -0.0359. The molecule has 1 N–H and O–H groups in total. The van der Waals surface area contributed by atoms with Gasteiger partial charge in [-0.05, 0) is 11.1 Å². The predicted molar refractivity (Wildman–Crippen MR) is 89.8 cm³/mol. The molecule has 120 valence electrons. The highest BCUT2D eigenvalue weighted by molar-refractivity contribution is 5.15. The zero-order chi connectivity index (χ0) is 15.9. The number of ether oxygens (including phenoxy) is 2. The molecule has 0 aromatic heterocycles. The van der Waals surface area contributed by atoms with Crippen molar-refractivity contribution in [2.75, 3.05) is 6.61 Å². The summed E-state index contributed by atoms with van der Waals surface area (Å²) in [4.78, 5) is 0. The highest BCUT2D eigenvalue weighted by Crippen LogP contribution is 2.24.